The summed E-state index contributed by atoms with van der Waals surface area (Å²) in [6.45, 7) is 5.34. The zero-order chi connectivity index (χ0) is 23.6. The van der Waals surface area contributed by atoms with Crippen LogP contribution in [0.3, 0.4) is 0 Å². The van der Waals surface area contributed by atoms with Crippen molar-refractivity contribution in [1.29, 1.82) is 0 Å². The lowest BCUT2D eigenvalue weighted by Crippen LogP contribution is -2.67. The van der Waals surface area contributed by atoms with Gasteiger partial charge in [0.25, 0.3) is 0 Å². The van der Waals surface area contributed by atoms with Crippen molar-refractivity contribution in [2.24, 2.45) is 0 Å². The molecule has 33 heavy (non-hydrogen) atoms. The summed E-state index contributed by atoms with van der Waals surface area (Å²) in [7, 11) is -3.60. The molecule has 2 N–H and O–H groups in total. The first-order valence-electron chi connectivity index (χ1n) is 11.5. The molecular weight excluding hydrogens is 436 g/mol. The van der Waals surface area contributed by atoms with E-state index in [-0.39, 0.29) is 24.6 Å². The fourth-order valence-corrected chi connectivity index (χ4v) is 6.63. The number of aliphatic hydroxyl groups excluding tert-OH is 2. The quantitative estimate of drug-likeness (QED) is 0.674. The second-order valence-electron chi connectivity index (χ2n) is 9.03. The van der Waals surface area contributed by atoms with Gasteiger partial charge in [0.05, 0.1) is 11.5 Å². The van der Waals surface area contributed by atoms with E-state index in [1.807, 2.05) is 37.3 Å². The van der Waals surface area contributed by atoms with Crippen molar-refractivity contribution >= 4 is 10.0 Å². The molecule has 0 amide bonds. The molecule has 2 saturated heterocycles. The average Bonchev–Trinajstić information content (AvgIpc) is 2.77. The minimum absolute atomic E-state index is 0.0106. The van der Waals surface area contributed by atoms with Gasteiger partial charge in [0.15, 0.2) is 0 Å². The van der Waals surface area contributed by atoms with E-state index < -0.39 is 16.1 Å². The van der Waals surface area contributed by atoms with Gasteiger partial charge in [-0.15, -0.1) is 0 Å². The molecule has 176 valence electrons. The maximum absolute atomic E-state index is 13.5. The summed E-state index contributed by atoms with van der Waals surface area (Å²) >= 11 is 0. The van der Waals surface area contributed by atoms with Crippen LogP contribution in [0.25, 0.3) is 0 Å². The van der Waals surface area contributed by atoms with Crippen LogP contribution in [0, 0.1) is 18.8 Å². The predicted molar refractivity (Wildman–Crippen MR) is 128 cm³/mol. The van der Waals surface area contributed by atoms with Crippen LogP contribution >= 0.6 is 0 Å². The molecule has 0 bridgehead atoms. The van der Waals surface area contributed by atoms with Gasteiger partial charge in [-0.3, -0.25) is 4.90 Å². The van der Waals surface area contributed by atoms with Crippen molar-refractivity contribution in [3.8, 4) is 11.8 Å². The normalized spacial score (nSPS) is 25.0. The third kappa shape index (κ3) is 5.01. The fourth-order valence-electron chi connectivity index (χ4n) is 5.03. The summed E-state index contributed by atoms with van der Waals surface area (Å²) in [6, 6.07) is 14.9. The number of hydrogen-bond acceptors (Lipinski definition) is 5. The van der Waals surface area contributed by atoms with E-state index in [1.54, 1.807) is 29.4 Å². The number of nitrogens with zero attached hydrogens (tertiary/aromatic N) is 2. The first-order chi connectivity index (χ1) is 15.8. The Bertz CT molecular complexity index is 1130. The van der Waals surface area contributed by atoms with Gasteiger partial charge in [0.2, 0.25) is 10.0 Å². The van der Waals surface area contributed by atoms with E-state index >= 15 is 0 Å². The van der Waals surface area contributed by atoms with Crippen molar-refractivity contribution in [1.82, 2.24) is 9.21 Å². The Labute approximate surface area is 196 Å². The molecule has 2 aromatic carbocycles. The summed E-state index contributed by atoms with van der Waals surface area (Å²) in [5.74, 6) is 5.74. The lowest BCUT2D eigenvalue weighted by molar-refractivity contribution is -0.0553. The van der Waals surface area contributed by atoms with E-state index in [9.17, 15) is 18.6 Å². The number of sulfonamides is 1. The van der Waals surface area contributed by atoms with Gasteiger partial charge in [-0.2, -0.15) is 4.31 Å². The van der Waals surface area contributed by atoms with E-state index in [2.05, 4.69) is 16.7 Å². The Morgan fingerprint density at radius 2 is 1.85 bits per heavy atom. The number of rotatable bonds is 4. The summed E-state index contributed by atoms with van der Waals surface area (Å²) in [5, 5.41) is 19.5. The number of aryl methyl sites for hydroxylation is 1. The Balaban J connectivity index is 1.61. The molecule has 0 spiro atoms. The summed E-state index contributed by atoms with van der Waals surface area (Å²) < 4.78 is 28.6. The highest BCUT2D eigenvalue weighted by Gasteiger charge is 2.50. The largest absolute Gasteiger partial charge is 0.395 e. The first-order valence-corrected chi connectivity index (χ1v) is 13.0. The monoisotopic (exact) mass is 468 g/mol. The van der Waals surface area contributed by atoms with Crippen LogP contribution in [-0.2, 0) is 10.0 Å². The number of fused-ring (bicyclic) bond motifs is 1. The molecule has 0 radical (unpaired) electrons. The highest BCUT2D eigenvalue weighted by Crippen LogP contribution is 2.42. The average molecular weight is 469 g/mol. The second-order valence-corrected chi connectivity index (χ2v) is 11.0. The molecule has 0 saturated carbocycles. The SMILES string of the molecule is Cc1cccc(S(=O)(=O)N2CCCCN3[C@H](C2)[C@H](c2ccc(C#C[C@@H](C)O)cc2)[C@@H]3CO)c1. The highest BCUT2D eigenvalue weighted by molar-refractivity contribution is 7.89. The maximum atomic E-state index is 13.5. The molecular formula is C26H32N2O4S. The van der Waals surface area contributed by atoms with Gasteiger partial charge in [-0.1, -0.05) is 36.1 Å². The zero-order valence-electron chi connectivity index (χ0n) is 19.2. The fraction of sp³-hybridized carbons (Fsp3) is 0.462. The van der Waals surface area contributed by atoms with Crippen LogP contribution in [0.15, 0.2) is 53.4 Å². The Kier molecular flexibility index (Phi) is 7.22. The molecule has 2 heterocycles. The van der Waals surface area contributed by atoms with Gasteiger partial charge >= 0.3 is 0 Å². The Hall–Kier alpha value is -2.21. The Morgan fingerprint density at radius 3 is 2.52 bits per heavy atom. The zero-order valence-corrected chi connectivity index (χ0v) is 20.0. The molecule has 2 fully saturated rings. The van der Waals surface area contributed by atoms with Gasteiger partial charge < -0.3 is 10.2 Å². The van der Waals surface area contributed by atoms with Gasteiger partial charge in [0.1, 0.15) is 6.10 Å². The minimum Gasteiger partial charge on any atom is -0.395 e. The van der Waals surface area contributed by atoms with Crippen molar-refractivity contribution in [3.63, 3.8) is 0 Å². The first kappa shape index (κ1) is 23.9. The number of hydrogen-bond donors (Lipinski definition) is 2. The maximum Gasteiger partial charge on any atom is 0.243 e. The van der Waals surface area contributed by atoms with Gasteiger partial charge in [-0.25, -0.2) is 8.42 Å². The molecule has 2 aromatic rings. The van der Waals surface area contributed by atoms with E-state index in [0.29, 0.717) is 18.0 Å². The van der Waals surface area contributed by atoms with Crippen molar-refractivity contribution < 1.29 is 18.6 Å². The van der Waals surface area contributed by atoms with Gasteiger partial charge in [0, 0.05) is 36.7 Å². The van der Waals surface area contributed by atoms with Crippen molar-refractivity contribution in [2.75, 3.05) is 26.2 Å². The smallest absolute Gasteiger partial charge is 0.243 e. The molecule has 0 unspecified atom stereocenters. The van der Waals surface area contributed by atoms with Crippen LogP contribution in [0.1, 0.15) is 42.4 Å². The van der Waals surface area contributed by atoms with Crippen LogP contribution in [0.4, 0.5) is 0 Å². The van der Waals surface area contributed by atoms with Crippen molar-refractivity contribution in [2.45, 2.75) is 55.7 Å². The van der Waals surface area contributed by atoms with Crippen LogP contribution in [0.2, 0.25) is 0 Å². The number of benzene rings is 2. The van der Waals surface area contributed by atoms with E-state index in [4.69, 9.17) is 0 Å². The molecule has 6 nitrogen and oxygen atoms in total. The third-order valence-corrected chi connectivity index (χ3v) is 8.54. The molecule has 4 rings (SSSR count). The molecule has 2 aliphatic rings. The lowest BCUT2D eigenvalue weighted by atomic mass is 9.74. The Morgan fingerprint density at radius 1 is 1.12 bits per heavy atom. The third-order valence-electron chi connectivity index (χ3n) is 6.68. The van der Waals surface area contributed by atoms with Crippen LogP contribution in [-0.4, -0.2) is 72.3 Å². The van der Waals surface area contributed by atoms with Crippen LogP contribution in [0.5, 0.6) is 0 Å². The molecule has 7 heteroatoms. The summed E-state index contributed by atoms with van der Waals surface area (Å²) in [5.41, 5.74) is 2.81. The summed E-state index contributed by atoms with van der Waals surface area (Å²) in [6.07, 6.45) is 1.01. The number of aliphatic hydroxyl groups is 2. The van der Waals surface area contributed by atoms with E-state index in [0.717, 1.165) is 36.1 Å². The molecule has 0 aromatic heterocycles. The van der Waals surface area contributed by atoms with E-state index in [1.165, 1.54) is 0 Å². The van der Waals surface area contributed by atoms with Crippen LogP contribution < -0.4 is 0 Å². The standard InChI is InChI=1S/C26H32N2O4S/c1-19-6-5-7-23(16-19)33(31,32)27-14-3-4-15-28-24(17-27)26(25(28)18-29)22-12-10-21(11-13-22)9-8-20(2)30/h5-7,10-13,16,20,24-26,29-30H,3-4,14-15,17-18H2,1-2H3/t20-,24-,25+,26+/m1/s1. The topological polar surface area (TPSA) is 81.1 Å². The minimum atomic E-state index is -3.60. The summed E-state index contributed by atoms with van der Waals surface area (Å²) in [4.78, 5) is 2.61. The van der Waals surface area contributed by atoms with Crippen molar-refractivity contribution in [3.05, 3.63) is 65.2 Å². The molecule has 2 aliphatic heterocycles. The molecule has 0 aliphatic carbocycles. The highest BCUT2D eigenvalue weighted by atomic mass is 32.2. The van der Waals surface area contributed by atoms with Gasteiger partial charge in [-0.05, 0) is 68.6 Å². The second kappa shape index (κ2) is 9.96. The lowest BCUT2D eigenvalue weighted by Gasteiger charge is -2.57. The predicted octanol–water partition coefficient (Wildman–Crippen LogP) is 2.34. The molecule has 4 atom stereocenters.